The molecule has 0 radical (unpaired) electrons. The van der Waals surface area contributed by atoms with Crippen LogP contribution in [-0.4, -0.2) is 79.2 Å². The molecule has 7 heteroatoms. The van der Waals surface area contributed by atoms with Gasteiger partial charge in [-0.15, -0.1) is 0 Å². The molecule has 0 saturated carbocycles. The Balaban J connectivity index is 1.18. The monoisotopic (exact) mass is 347 g/mol. The molecule has 0 aromatic heterocycles. The maximum atomic E-state index is 12.2. The lowest BCUT2D eigenvalue weighted by molar-refractivity contribution is -0.145. The van der Waals surface area contributed by atoms with Gasteiger partial charge in [0.05, 0.1) is 32.8 Å². The van der Waals surface area contributed by atoms with E-state index in [1.54, 1.807) is 4.90 Å². The minimum atomic E-state index is -0.920. The van der Waals surface area contributed by atoms with Gasteiger partial charge in [0.15, 0.2) is 5.79 Å². The summed E-state index contributed by atoms with van der Waals surface area (Å²) in [6.07, 6.45) is 0.886. The van der Waals surface area contributed by atoms with Crippen LogP contribution in [0.15, 0.2) is 30.3 Å². The van der Waals surface area contributed by atoms with E-state index in [2.05, 4.69) is 10.2 Å². The highest BCUT2D eigenvalue weighted by atomic mass is 16.7. The summed E-state index contributed by atoms with van der Waals surface area (Å²) in [5, 5.41) is 13.5. The molecule has 0 unspecified atom stereocenters. The second-order valence-corrected chi connectivity index (χ2v) is 7.12. The Morgan fingerprint density at radius 3 is 2.60 bits per heavy atom. The molecule has 3 saturated heterocycles. The first-order chi connectivity index (χ1) is 12.1. The van der Waals surface area contributed by atoms with Gasteiger partial charge < -0.3 is 24.8 Å². The first kappa shape index (κ1) is 16.8. The van der Waals surface area contributed by atoms with Gasteiger partial charge in [0, 0.05) is 26.1 Å². The van der Waals surface area contributed by atoms with Gasteiger partial charge in [0.2, 0.25) is 0 Å². The number of β-amino-alcohol motifs (C(OH)–C–C–N with tert-alkyl or cyclic N) is 1. The van der Waals surface area contributed by atoms with Gasteiger partial charge in [-0.1, -0.05) is 30.3 Å². The first-order valence-corrected chi connectivity index (χ1v) is 8.90. The molecule has 3 fully saturated rings. The van der Waals surface area contributed by atoms with E-state index in [4.69, 9.17) is 9.47 Å². The summed E-state index contributed by atoms with van der Waals surface area (Å²) in [5.74, 6) is -0.409. The van der Waals surface area contributed by atoms with Crippen LogP contribution in [0.3, 0.4) is 0 Å². The van der Waals surface area contributed by atoms with Crippen molar-refractivity contribution in [2.45, 2.75) is 17.8 Å². The van der Waals surface area contributed by atoms with Crippen molar-refractivity contribution < 1.29 is 19.4 Å². The number of rotatable bonds is 4. The number of ether oxygens (including phenoxy) is 2. The van der Waals surface area contributed by atoms with Crippen molar-refractivity contribution in [1.29, 1.82) is 0 Å². The second kappa shape index (κ2) is 6.57. The predicted octanol–water partition coefficient (Wildman–Crippen LogP) is 0.348. The second-order valence-electron chi connectivity index (χ2n) is 7.12. The largest absolute Gasteiger partial charge is 0.381 e. The van der Waals surface area contributed by atoms with Gasteiger partial charge >= 0.3 is 6.03 Å². The molecular formula is C18H25N3O4. The van der Waals surface area contributed by atoms with E-state index in [0.717, 1.165) is 31.6 Å². The van der Waals surface area contributed by atoms with Crippen LogP contribution in [-0.2, 0) is 15.1 Å². The van der Waals surface area contributed by atoms with Gasteiger partial charge in [0.1, 0.15) is 5.60 Å². The number of nitrogens with one attached hydrogen (secondary N) is 1. The molecule has 3 aliphatic heterocycles. The Kier molecular flexibility index (Phi) is 4.41. The van der Waals surface area contributed by atoms with Gasteiger partial charge in [-0.2, -0.15) is 0 Å². The smallest absolute Gasteiger partial charge is 0.317 e. The van der Waals surface area contributed by atoms with Crippen molar-refractivity contribution in [2.75, 3.05) is 52.5 Å². The number of carbonyl (C=O) groups is 1. The zero-order chi connectivity index (χ0) is 17.3. The van der Waals surface area contributed by atoms with Gasteiger partial charge in [-0.3, -0.25) is 4.90 Å². The molecule has 3 aliphatic rings. The third-order valence-electron chi connectivity index (χ3n) is 5.29. The lowest BCUT2D eigenvalue weighted by Gasteiger charge is -2.46. The number of likely N-dealkylation sites (tertiary alicyclic amines) is 2. The quantitative estimate of drug-likeness (QED) is 0.822. The number of amides is 2. The molecule has 25 heavy (non-hydrogen) atoms. The Bertz CT molecular complexity index is 612. The van der Waals surface area contributed by atoms with Gasteiger partial charge in [-0.25, -0.2) is 4.79 Å². The highest BCUT2D eigenvalue weighted by Gasteiger charge is 2.45. The lowest BCUT2D eigenvalue weighted by atomic mass is 9.86. The molecule has 1 spiro atoms. The summed E-state index contributed by atoms with van der Waals surface area (Å²) in [4.78, 5) is 16.1. The van der Waals surface area contributed by atoms with Crippen LogP contribution in [0, 0.1) is 0 Å². The van der Waals surface area contributed by atoms with Crippen LogP contribution < -0.4 is 5.32 Å². The average molecular weight is 347 g/mol. The Morgan fingerprint density at radius 2 is 1.88 bits per heavy atom. The van der Waals surface area contributed by atoms with E-state index in [-0.39, 0.29) is 6.03 Å². The van der Waals surface area contributed by atoms with Crippen LogP contribution >= 0.6 is 0 Å². The Morgan fingerprint density at radius 1 is 1.16 bits per heavy atom. The summed E-state index contributed by atoms with van der Waals surface area (Å²) in [6.45, 7) is 5.04. The normalized spacial score (nSPS) is 24.4. The van der Waals surface area contributed by atoms with Crippen molar-refractivity contribution in [2.24, 2.45) is 0 Å². The molecular weight excluding hydrogens is 322 g/mol. The first-order valence-electron chi connectivity index (χ1n) is 8.90. The Labute approximate surface area is 147 Å². The maximum Gasteiger partial charge on any atom is 0.317 e. The van der Waals surface area contributed by atoms with Gasteiger partial charge in [-0.05, 0) is 5.56 Å². The van der Waals surface area contributed by atoms with Crippen LogP contribution in [0.2, 0.25) is 0 Å². The summed E-state index contributed by atoms with van der Waals surface area (Å²) in [6, 6.07) is 9.38. The Hall–Kier alpha value is -1.67. The van der Waals surface area contributed by atoms with Crippen molar-refractivity contribution in [3.05, 3.63) is 35.9 Å². The number of benzene rings is 1. The van der Waals surface area contributed by atoms with Crippen molar-refractivity contribution in [3.63, 3.8) is 0 Å². The minimum absolute atomic E-state index is 0.122. The standard InChI is InChI=1S/C18H25N3O4/c22-16(21-12-17(23,13-21)15-4-2-1-3-5-15)19-7-9-20-8-6-18(14-20)24-10-11-25-18/h1-5,23H,6-14H2,(H,19,22). The third-order valence-corrected chi connectivity index (χ3v) is 5.29. The van der Waals surface area contributed by atoms with E-state index >= 15 is 0 Å². The number of aliphatic hydroxyl groups is 1. The van der Waals surface area contributed by atoms with E-state index < -0.39 is 11.4 Å². The van der Waals surface area contributed by atoms with E-state index in [9.17, 15) is 9.90 Å². The van der Waals surface area contributed by atoms with Crippen molar-refractivity contribution in [1.82, 2.24) is 15.1 Å². The minimum Gasteiger partial charge on any atom is -0.381 e. The maximum absolute atomic E-state index is 12.2. The number of hydrogen-bond donors (Lipinski definition) is 2. The summed E-state index contributed by atoms with van der Waals surface area (Å²) < 4.78 is 11.4. The molecule has 136 valence electrons. The molecule has 2 amide bonds. The molecule has 0 bridgehead atoms. The van der Waals surface area contributed by atoms with E-state index in [1.807, 2.05) is 30.3 Å². The van der Waals surface area contributed by atoms with E-state index in [1.165, 1.54) is 0 Å². The molecule has 2 N–H and O–H groups in total. The van der Waals surface area contributed by atoms with Crippen LogP contribution in [0.25, 0.3) is 0 Å². The number of hydrogen-bond acceptors (Lipinski definition) is 5. The average Bonchev–Trinajstić information content (AvgIpc) is 3.23. The summed E-state index contributed by atoms with van der Waals surface area (Å²) >= 11 is 0. The molecule has 7 nitrogen and oxygen atoms in total. The summed E-state index contributed by atoms with van der Waals surface area (Å²) in [5.41, 5.74) is -0.0603. The van der Waals surface area contributed by atoms with Crippen LogP contribution in [0.1, 0.15) is 12.0 Å². The van der Waals surface area contributed by atoms with Gasteiger partial charge in [0.25, 0.3) is 0 Å². The fourth-order valence-corrected chi connectivity index (χ4v) is 3.84. The van der Waals surface area contributed by atoms with Crippen molar-refractivity contribution >= 4 is 6.03 Å². The molecule has 1 aromatic carbocycles. The highest BCUT2D eigenvalue weighted by Crippen LogP contribution is 2.32. The topological polar surface area (TPSA) is 74.3 Å². The molecule has 4 rings (SSSR count). The highest BCUT2D eigenvalue weighted by molar-refractivity contribution is 5.75. The molecule has 0 atom stereocenters. The fraction of sp³-hybridized carbons (Fsp3) is 0.611. The fourth-order valence-electron chi connectivity index (χ4n) is 3.84. The number of urea groups is 1. The zero-order valence-corrected chi connectivity index (χ0v) is 14.3. The van der Waals surface area contributed by atoms with Crippen LogP contribution in [0.4, 0.5) is 4.79 Å². The predicted molar refractivity (Wildman–Crippen MR) is 91.0 cm³/mol. The summed E-state index contributed by atoms with van der Waals surface area (Å²) in [7, 11) is 0. The number of carbonyl (C=O) groups excluding carboxylic acids is 1. The molecule has 3 heterocycles. The van der Waals surface area contributed by atoms with Crippen LogP contribution in [0.5, 0.6) is 0 Å². The van der Waals surface area contributed by atoms with E-state index in [0.29, 0.717) is 32.8 Å². The third kappa shape index (κ3) is 3.37. The number of nitrogens with zero attached hydrogens (tertiary/aromatic N) is 2. The lowest BCUT2D eigenvalue weighted by Crippen LogP contribution is -2.63. The molecule has 1 aromatic rings. The molecule has 0 aliphatic carbocycles. The SMILES string of the molecule is O=C(NCCN1CCC2(C1)OCCO2)N1CC(O)(c2ccccc2)C1. The zero-order valence-electron chi connectivity index (χ0n) is 14.3. The van der Waals surface area contributed by atoms with Crippen molar-refractivity contribution in [3.8, 4) is 0 Å².